The van der Waals surface area contributed by atoms with Crippen LogP contribution in [-0.4, -0.2) is 4.98 Å². The van der Waals surface area contributed by atoms with Crippen LogP contribution < -0.4 is 0 Å². The van der Waals surface area contributed by atoms with E-state index in [0.29, 0.717) is 16.7 Å². The van der Waals surface area contributed by atoms with Crippen molar-refractivity contribution in [3.63, 3.8) is 0 Å². The van der Waals surface area contributed by atoms with Gasteiger partial charge in [0.2, 0.25) is 5.95 Å². The average molecular weight is 240 g/mol. The van der Waals surface area contributed by atoms with Crippen LogP contribution in [-0.2, 0) is 5.88 Å². The van der Waals surface area contributed by atoms with Gasteiger partial charge in [-0.25, -0.2) is 9.37 Å². The second-order valence-electron chi connectivity index (χ2n) is 3.31. The van der Waals surface area contributed by atoms with Crippen molar-refractivity contribution in [1.29, 1.82) is 0 Å². The van der Waals surface area contributed by atoms with Gasteiger partial charge in [-0.15, -0.1) is 11.6 Å². The minimum absolute atomic E-state index is 0.158. The van der Waals surface area contributed by atoms with E-state index in [9.17, 15) is 8.78 Å². The molecule has 0 saturated carbocycles. The Bertz CT molecular complexity index is 514. The molecule has 2 rings (SSSR count). The molecule has 1 aromatic carbocycles. The first-order chi connectivity index (χ1) is 7.70. The fourth-order valence-corrected chi connectivity index (χ4v) is 1.72. The van der Waals surface area contributed by atoms with Gasteiger partial charge in [-0.05, 0) is 29.3 Å². The zero-order valence-corrected chi connectivity index (χ0v) is 9.01. The largest absolute Gasteiger partial charge is 0.228 e. The van der Waals surface area contributed by atoms with Crippen molar-refractivity contribution in [2.24, 2.45) is 0 Å². The Labute approximate surface area is 96.7 Å². The van der Waals surface area contributed by atoms with Crippen molar-refractivity contribution >= 4 is 11.6 Å². The van der Waals surface area contributed by atoms with E-state index in [1.54, 1.807) is 12.1 Å². The Hall–Kier alpha value is -1.48. The molecule has 0 aliphatic heterocycles. The molecule has 1 aromatic heterocycles. The maximum absolute atomic E-state index is 13.0. The summed E-state index contributed by atoms with van der Waals surface area (Å²) in [6.07, 6.45) is 1.36. The molecule has 0 amide bonds. The van der Waals surface area contributed by atoms with Gasteiger partial charge in [0.25, 0.3) is 0 Å². The van der Waals surface area contributed by atoms with E-state index in [0.717, 1.165) is 0 Å². The van der Waals surface area contributed by atoms with Crippen LogP contribution in [0.3, 0.4) is 0 Å². The molecule has 0 aliphatic rings. The third-order valence-corrected chi connectivity index (χ3v) is 2.52. The number of aromatic nitrogens is 1. The summed E-state index contributed by atoms with van der Waals surface area (Å²) in [7, 11) is 0. The van der Waals surface area contributed by atoms with Gasteiger partial charge in [0.1, 0.15) is 5.82 Å². The second kappa shape index (κ2) is 4.58. The third-order valence-electron chi connectivity index (χ3n) is 2.24. The highest BCUT2D eigenvalue weighted by Crippen LogP contribution is 2.25. The van der Waals surface area contributed by atoms with Crippen LogP contribution in [0, 0.1) is 11.8 Å². The lowest BCUT2D eigenvalue weighted by Crippen LogP contribution is -1.92. The van der Waals surface area contributed by atoms with Crippen molar-refractivity contribution in [3.8, 4) is 11.1 Å². The highest BCUT2D eigenvalue weighted by atomic mass is 35.5. The minimum Gasteiger partial charge on any atom is -0.228 e. The van der Waals surface area contributed by atoms with Crippen molar-refractivity contribution in [2.45, 2.75) is 5.88 Å². The van der Waals surface area contributed by atoms with Gasteiger partial charge in [0.15, 0.2) is 0 Å². The van der Waals surface area contributed by atoms with Crippen LogP contribution in [0.4, 0.5) is 8.78 Å². The molecule has 0 bridgehead atoms. The lowest BCUT2D eigenvalue weighted by atomic mass is 10.0. The Morgan fingerprint density at radius 1 is 1.19 bits per heavy atom. The minimum atomic E-state index is -0.587. The first-order valence-electron chi connectivity index (χ1n) is 4.67. The molecule has 4 heteroatoms. The normalized spacial score (nSPS) is 10.4. The van der Waals surface area contributed by atoms with Gasteiger partial charge >= 0.3 is 0 Å². The standard InChI is InChI=1S/C12H8ClF2N/c13-6-9-5-12(15)16-7-11(9)8-2-1-3-10(14)4-8/h1-5,7H,6H2. The van der Waals surface area contributed by atoms with E-state index < -0.39 is 5.95 Å². The van der Waals surface area contributed by atoms with Crippen molar-refractivity contribution in [1.82, 2.24) is 4.98 Å². The van der Waals surface area contributed by atoms with Crippen LogP contribution in [0.5, 0.6) is 0 Å². The molecule has 0 unspecified atom stereocenters. The van der Waals surface area contributed by atoms with Gasteiger partial charge in [0.05, 0.1) is 0 Å². The van der Waals surface area contributed by atoms with Gasteiger partial charge < -0.3 is 0 Å². The van der Waals surface area contributed by atoms with Crippen LogP contribution in [0.15, 0.2) is 36.5 Å². The predicted molar refractivity (Wildman–Crippen MR) is 59.1 cm³/mol. The first-order valence-corrected chi connectivity index (χ1v) is 5.20. The number of nitrogens with zero attached hydrogens (tertiary/aromatic N) is 1. The van der Waals surface area contributed by atoms with Crippen LogP contribution in [0.1, 0.15) is 5.56 Å². The van der Waals surface area contributed by atoms with E-state index in [1.165, 1.54) is 24.4 Å². The summed E-state index contributed by atoms with van der Waals surface area (Å²) in [6, 6.07) is 7.29. The molecule has 0 spiro atoms. The summed E-state index contributed by atoms with van der Waals surface area (Å²) in [5, 5.41) is 0. The van der Waals surface area contributed by atoms with Crippen molar-refractivity contribution in [3.05, 3.63) is 53.9 Å². The topological polar surface area (TPSA) is 12.9 Å². The first kappa shape index (κ1) is 11.0. The summed E-state index contributed by atoms with van der Waals surface area (Å²) in [4.78, 5) is 3.55. The van der Waals surface area contributed by atoms with E-state index in [1.807, 2.05) is 0 Å². The Balaban J connectivity index is 2.55. The third kappa shape index (κ3) is 2.19. The molecular weight excluding hydrogens is 232 g/mol. The molecule has 0 N–H and O–H groups in total. The Kier molecular flexibility index (Phi) is 3.15. The summed E-state index contributed by atoms with van der Waals surface area (Å²) in [6.45, 7) is 0. The maximum atomic E-state index is 13.0. The highest BCUT2D eigenvalue weighted by molar-refractivity contribution is 6.17. The molecule has 0 atom stereocenters. The molecule has 0 fully saturated rings. The molecule has 0 radical (unpaired) electrons. The predicted octanol–water partition coefficient (Wildman–Crippen LogP) is 3.77. The molecule has 0 saturated heterocycles. The molecule has 82 valence electrons. The van der Waals surface area contributed by atoms with E-state index in [4.69, 9.17) is 11.6 Å². The molecule has 1 nitrogen and oxygen atoms in total. The summed E-state index contributed by atoms with van der Waals surface area (Å²) in [5.74, 6) is -0.774. The quantitative estimate of drug-likeness (QED) is 0.574. The molecule has 2 aromatic rings. The maximum Gasteiger partial charge on any atom is 0.213 e. The van der Waals surface area contributed by atoms with E-state index in [2.05, 4.69) is 4.98 Å². The molecular formula is C12H8ClF2N. The summed E-state index contributed by atoms with van der Waals surface area (Å²) in [5.41, 5.74) is 1.89. The van der Waals surface area contributed by atoms with E-state index >= 15 is 0 Å². The number of benzene rings is 1. The second-order valence-corrected chi connectivity index (χ2v) is 3.58. The molecule has 1 heterocycles. The number of alkyl halides is 1. The highest BCUT2D eigenvalue weighted by Gasteiger charge is 2.07. The summed E-state index contributed by atoms with van der Waals surface area (Å²) < 4.78 is 25.9. The Morgan fingerprint density at radius 2 is 2.00 bits per heavy atom. The monoisotopic (exact) mass is 239 g/mol. The average Bonchev–Trinajstić information content (AvgIpc) is 2.28. The zero-order chi connectivity index (χ0) is 11.5. The fraction of sp³-hybridized carbons (Fsp3) is 0.0833. The van der Waals surface area contributed by atoms with Gasteiger partial charge in [-0.3, -0.25) is 0 Å². The van der Waals surface area contributed by atoms with Crippen molar-refractivity contribution in [2.75, 3.05) is 0 Å². The number of pyridine rings is 1. The molecule has 0 aliphatic carbocycles. The fourth-order valence-electron chi connectivity index (χ4n) is 1.49. The molecule has 16 heavy (non-hydrogen) atoms. The zero-order valence-electron chi connectivity index (χ0n) is 8.25. The lowest BCUT2D eigenvalue weighted by Gasteiger charge is -2.06. The van der Waals surface area contributed by atoms with Gasteiger partial charge in [-0.1, -0.05) is 12.1 Å². The number of rotatable bonds is 2. The smallest absolute Gasteiger partial charge is 0.213 e. The van der Waals surface area contributed by atoms with E-state index in [-0.39, 0.29) is 11.7 Å². The van der Waals surface area contributed by atoms with Crippen molar-refractivity contribution < 1.29 is 8.78 Å². The SMILES string of the molecule is Fc1cccc(-c2cnc(F)cc2CCl)c1. The Morgan fingerprint density at radius 3 is 2.69 bits per heavy atom. The number of hydrogen-bond acceptors (Lipinski definition) is 1. The van der Waals surface area contributed by atoms with Crippen LogP contribution in [0.2, 0.25) is 0 Å². The van der Waals surface area contributed by atoms with Gasteiger partial charge in [-0.2, -0.15) is 4.39 Å². The summed E-state index contributed by atoms with van der Waals surface area (Å²) >= 11 is 5.71. The lowest BCUT2D eigenvalue weighted by molar-refractivity contribution is 0.582. The number of halogens is 3. The van der Waals surface area contributed by atoms with Gasteiger partial charge in [0, 0.05) is 17.6 Å². The van der Waals surface area contributed by atoms with Crippen LogP contribution in [0.25, 0.3) is 11.1 Å². The number of hydrogen-bond donors (Lipinski definition) is 0. The van der Waals surface area contributed by atoms with Crippen LogP contribution >= 0.6 is 11.6 Å².